The zero-order valence-electron chi connectivity index (χ0n) is 13.0. The fraction of sp³-hybridized carbons (Fsp3) is 0.588. The summed E-state index contributed by atoms with van der Waals surface area (Å²) in [5, 5.41) is 0. The minimum absolute atomic E-state index is 0.0292. The van der Waals surface area contributed by atoms with Crippen molar-refractivity contribution in [3.05, 3.63) is 23.8 Å². The second kappa shape index (κ2) is 6.94. The van der Waals surface area contributed by atoms with E-state index in [4.69, 9.17) is 15.2 Å². The molecule has 116 valence electrons. The number of Topliss-reactive ketones (excluding diaryl/α,β-unsaturated/α-hetero) is 1. The van der Waals surface area contributed by atoms with Crippen molar-refractivity contribution in [2.45, 2.75) is 39.5 Å². The van der Waals surface area contributed by atoms with Crippen molar-refractivity contribution in [3.8, 4) is 11.5 Å². The molecule has 0 aliphatic heterocycles. The first kappa shape index (κ1) is 15.8. The lowest BCUT2D eigenvalue weighted by molar-refractivity contribution is 0.0785. The zero-order chi connectivity index (χ0) is 15.3. The Balaban J connectivity index is 2.15. The van der Waals surface area contributed by atoms with E-state index in [0.29, 0.717) is 43.2 Å². The molecule has 0 atom stereocenters. The van der Waals surface area contributed by atoms with E-state index in [0.717, 1.165) is 12.8 Å². The topological polar surface area (TPSA) is 61.5 Å². The van der Waals surface area contributed by atoms with Gasteiger partial charge in [0.15, 0.2) is 17.3 Å². The summed E-state index contributed by atoms with van der Waals surface area (Å²) in [7, 11) is 0. The predicted octanol–water partition coefficient (Wildman–Crippen LogP) is 3.19. The number of ether oxygens (including phenoxy) is 2. The number of carbonyl (C=O) groups excluding carboxylic acids is 1. The van der Waals surface area contributed by atoms with Crippen molar-refractivity contribution in [1.29, 1.82) is 0 Å². The van der Waals surface area contributed by atoms with Crippen LogP contribution in [-0.2, 0) is 0 Å². The Bertz CT molecular complexity index is 489. The number of hydrogen-bond donors (Lipinski definition) is 1. The lowest BCUT2D eigenvalue weighted by Crippen LogP contribution is -2.39. The molecule has 0 heterocycles. The minimum Gasteiger partial charge on any atom is -0.490 e. The third-order valence-corrected chi connectivity index (χ3v) is 4.25. The SMILES string of the molecule is CCOc1ccc(C(=O)CC2(CN)CCC2)cc1OCC. The highest BCUT2D eigenvalue weighted by Gasteiger charge is 2.37. The normalized spacial score (nSPS) is 16.1. The molecule has 21 heavy (non-hydrogen) atoms. The van der Waals surface area contributed by atoms with Crippen LogP contribution in [0.25, 0.3) is 0 Å². The molecule has 0 aromatic heterocycles. The molecule has 0 bridgehead atoms. The second-order valence-corrected chi connectivity index (χ2v) is 5.69. The maximum Gasteiger partial charge on any atom is 0.163 e. The van der Waals surface area contributed by atoms with Crippen molar-refractivity contribution in [1.82, 2.24) is 0 Å². The molecule has 1 saturated carbocycles. The Hall–Kier alpha value is -1.55. The van der Waals surface area contributed by atoms with E-state index < -0.39 is 0 Å². The van der Waals surface area contributed by atoms with Crippen LogP contribution in [0.1, 0.15) is 49.9 Å². The van der Waals surface area contributed by atoms with Crippen LogP contribution in [0.4, 0.5) is 0 Å². The van der Waals surface area contributed by atoms with E-state index in [1.807, 2.05) is 26.0 Å². The third kappa shape index (κ3) is 3.56. The molecule has 1 aliphatic carbocycles. The number of hydrogen-bond acceptors (Lipinski definition) is 4. The van der Waals surface area contributed by atoms with Crippen LogP contribution in [0.15, 0.2) is 18.2 Å². The molecule has 2 N–H and O–H groups in total. The molecule has 1 aliphatic rings. The molecule has 1 aromatic carbocycles. The first-order chi connectivity index (χ1) is 10.1. The number of ketones is 1. The van der Waals surface area contributed by atoms with Crippen LogP contribution >= 0.6 is 0 Å². The highest BCUT2D eigenvalue weighted by Crippen LogP contribution is 2.44. The van der Waals surface area contributed by atoms with E-state index >= 15 is 0 Å². The van der Waals surface area contributed by atoms with Crippen molar-refractivity contribution < 1.29 is 14.3 Å². The molecule has 0 spiro atoms. The molecule has 0 amide bonds. The summed E-state index contributed by atoms with van der Waals surface area (Å²) in [6, 6.07) is 5.43. The summed E-state index contributed by atoms with van der Waals surface area (Å²) in [5.41, 5.74) is 6.55. The van der Waals surface area contributed by atoms with Crippen LogP contribution in [0.3, 0.4) is 0 Å². The molecule has 0 radical (unpaired) electrons. The van der Waals surface area contributed by atoms with E-state index in [1.165, 1.54) is 6.42 Å². The lowest BCUT2D eigenvalue weighted by atomic mass is 9.65. The summed E-state index contributed by atoms with van der Waals surface area (Å²) in [5.74, 6) is 1.47. The quantitative estimate of drug-likeness (QED) is 0.747. The highest BCUT2D eigenvalue weighted by molar-refractivity contribution is 5.97. The van der Waals surface area contributed by atoms with Gasteiger partial charge in [-0.1, -0.05) is 6.42 Å². The van der Waals surface area contributed by atoms with E-state index in [2.05, 4.69) is 0 Å². The van der Waals surface area contributed by atoms with Gasteiger partial charge in [-0.05, 0) is 56.8 Å². The van der Waals surface area contributed by atoms with Crippen molar-refractivity contribution in [2.24, 2.45) is 11.1 Å². The van der Waals surface area contributed by atoms with Gasteiger partial charge in [-0.15, -0.1) is 0 Å². The van der Waals surface area contributed by atoms with Gasteiger partial charge in [0.2, 0.25) is 0 Å². The first-order valence-electron chi connectivity index (χ1n) is 7.77. The summed E-state index contributed by atoms with van der Waals surface area (Å²) < 4.78 is 11.1. The Morgan fingerprint density at radius 1 is 1.19 bits per heavy atom. The highest BCUT2D eigenvalue weighted by atomic mass is 16.5. The lowest BCUT2D eigenvalue weighted by Gasteiger charge is -2.40. The van der Waals surface area contributed by atoms with E-state index in [1.54, 1.807) is 6.07 Å². The fourth-order valence-corrected chi connectivity index (χ4v) is 2.80. The van der Waals surface area contributed by atoms with Crippen LogP contribution in [0.2, 0.25) is 0 Å². The standard InChI is InChI=1S/C17H25NO3/c1-3-20-15-7-6-13(10-16(15)21-4-2)14(19)11-17(12-18)8-5-9-17/h6-7,10H,3-5,8-9,11-12,18H2,1-2H3. The molecule has 0 saturated heterocycles. The summed E-state index contributed by atoms with van der Waals surface area (Å²) in [6.07, 6.45) is 3.83. The molecule has 2 rings (SSSR count). The van der Waals surface area contributed by atoms with Gasteiger partial charge in [-0.2, -0.15) is 0 Å². The Morgan fingerprint density at radius 2 is 1.86 bits per heavy atom. The van der Waals surface area contributed by atoms with Crippen molar-refractivity contribution >= 4 is 5.78 Å². The van der Waals surface area contributed by atoms with Crippen LogP contribution in [-0.4, -0.2) is 25.5 Å². The molecule has 0 unspecified atom stereocenters. The fourth-order valence-electron chi connectivity index (χ4n) is 2.80. The minimum atomic E-state index is 0.0292. The largest absolute Gasteiger partial charge is 0.490 e. The van der Waals surface area contributed by atoms with Gasteiger partial charge in [-0.3, -0.25) is 4.79 Å². The first-order valence-corrected chi connectivity index (χ1v) is 7.77. The molecule has 4 nitrogen and oxygen atoms in total. The van der Waals surface area contributed by atoms with Crippen LogP contribution in [0, 0.1) is 5.41 Å². The molecule has 1 aromatic rings. The van der Waals surface area contributed by atoms with Crippen LogP contribution < -0.4 is 15.2 Å². The zero-order valence-corrected chi connectivity index (χ0v) is 13.0. The maximum absolute atomic E-state index is 12.5. The van der Waals surface area contributed by atoms with Crippen molar-refractivity contribution in [3.63, 3.8) is 0 Å². The van der Waals surface area contributed by atoms with Gasteiger partial charge in [0.1, 0.15) is 0 Å². The number of nitrogens with two attached hydrogens (primary N) is 1. The molecule has 1 fully saturated rings. The maximum atomic E-state index is 12.5. The van der Waals surface area contributed by atoms with Gasteiger partial charge in [0, 0.05) is 12.0 Å². The average Bonchev–Trinajstić information content (AvgIpc) is 2.45. The van der Waals surface area contributed by atoms with Crippen LogP contribution in [0.5, 0.6) is 11.5 Å². The van der Waals surface area contributed by atoms with Gasteiger partial charge >= 0.3 is 0 Å². The Labute approximate surface area is 126 Å². The summed E-state index contributed by atoms with van der Waals surface area (Å²) in [6.45, 7) is 5.56. The summed E-state index contributed by atoms with van der Waals surface area (Å²) in [4.78, 5) is 12.5. The Kier molecular flexibility index (Phi) is 5.23. The molecular weight excluding hydrogens is 266 g/mol. The van der Waals surface area contributed by atoms with Gasteiger partial charge < -0.3 is 15.2 Å². The second-order valence-electron chi connectivity index (χ2n) is 5.69. The van der Waals surface area contributed by atoms with E-state index in [-0.39, 0.29) is 11.2 Å². The summed E-state index contributed by atoms with van der Waals surface area (Å²) >= 11 is 0. The van der Waals surface area contributed by atoms with Crippen molar-refractivity contribution in [2.75, 3.05) is 19.8 Å². The monoisotopic (exact) mass is 291 g/mol. The number of benzene rings is 1. The third-order valence-electron chi connectivity index (χ3n) is 4.25. The predicted molar refractivity (Wildman–Crippen MR) is 83.1 cm³/mol. The number of carbonyl (C=O) groups is 1. The molecular formula is C17H25NO3. The molecule has 4 heteroatoms. The smallest absolute Gasteiger partial charge is 0.163 e. The number of rotatable bonds is 8. The van der Waals surface area contributed by atoms with Gasteiger partial charge in [-0.25, -0.2) is 0 Å². The van der Waals surface area contributed by atoms with E-state index in [9.17, 15) is 4.79 Å². The van der Waals surface area contributed by atoms with Gasteiger partial charge in [0.05, 0.1) is 13.2 Å². The van der Waals surface area contributed by atoms with Gasteiger partial charge in [0.25, 0.3) is 0 Å². The average molecular weight is 291 g/mol. The Morgan fingerprint density at radius 3 is 2.38 bits per heavy atom.